The normalized spacial score (nSPS) is 26.7. The van der Waals surface area contributed by atoms with Crippen molar-refractivity contribution in [2.24, 2.45) is 10.8 Å². The number of hydrogen-bond acceptors (Lipinski definition) is 6. The predicted molar refractivity (Wildman–Crippen MR) is 102 cm³/mol. The van der Waals surface area contributed by atoms with Crippen LogP contribution in [0.5, 0.6) is 0 Å². The van der Waals surface area contributed by atoms with E-state index in [2.05, 4.69) is 0 Å². The Morgan fingerprint density at radius 2 is 1.11 bits per heavy atom. The molecule has 1 aliphatic carbocycles. The van der Waals surface area contributed by atoms with Gasteiger partial charge in [0.25, 0.3) is 0 Å². The summed E-state index contributed by atoms with van der Waals surface area (Å²) in [5, 5.41) is 20.1. The molecule has 0 aromatic heterocycles. The Morgan fingerprint density at radius 3 is 1.32 bits per heavy atom. The van der Waals surface area contributed by atoms with Crippen molar-refractivity contribution < 1.29 is 38.9 Å². The van der Waals surface area contributed by atoms with Crippen molar-refractivity contribution >= 4 is 69.2 Å². The second kappa shape index (κ2) is 10.7. The standard InChI is InChI=1S/C16H20Cl4O8/c17-7-9(27-13(19)25)5-15(11(21)22)3-1-2-4-16(15,12(23)24)6-10(8-18)28-14(20)26/h9-10H,1-8H2,(H,21,22)(H,23,24). The molecule has 28 heavy (non-hydrogen) atoms. The molecule has 0 spiro atoms. The minimum absolute atomic E-state index is 0.00825. The first-order valence-electron chi connectivity index (χ1n) is 8.35. The number of carboxylic acid groups (broad SMARTS) is 2. The van der Waals surface area contributed by atoms with Crippen molar-refractivity contribution in [3.63, 3.8) is 0 Å². The van der Waals surface area contributed by atoms with Gasteiger partial charge >= 0.3 is 22.8 Å². The molecule has 160 valence electrons. The van der Waals surface area contributed by atoms with Crippen LogP contribution in [0.25, 0.3) is 0 Å². The van der Waals surface area contributed by atoms with Crippen LogP contribution in [0.4, 0.5) is 9.59 Å². The largest absolute Gasteiger partial charge is 0.481 e. The molecule has 1 fully saturated rings. The Morgan fingerprint density at radius 1 is 0.786 bits per heavy atom. The average Bonchev–Trinajstić information content (AvgIpc) is 2.60. The summed E-state index contributed by atoms with van der Waals surface area (Å²) in [7, 11) is 0. The second-order valence-electron chi connectivity index (χ2n) is 6.65. The number of carboxylic acids is 2. The van der Waals surface area contributed by atoms with Gasteiger partial charge in [0.1, 0.15) is 12.2 Å². The van der Waals surface area contributed by atoms with E-state index < -0.39 is 45.8 Å². The maximum Gasteiger partial charge on any atom is 0.404 e. The summed E-state index contributed by atoms with van der Waals surface area (Å²) >= 11 is 22.0. The SMILES string of the molecule is O=C(Cl)OC(CCl)CC1(C(=O)O)CCCCC1(CC(CCl)OC(=O)Cl)C(=O)O. The Bertz CT molecular complexity index is 563. The van der Waals surface area contributed by atoms with E-state index in [4.69, 9.17) is 55.9 Å². The number of rotatable bonds is 10. The van der Waals surface area contributed by atoms with Crippen molar-refractivity contribution in [3.8, 4) is 0 Å². The molecule has 0 heterocycles. The third-order valence-electron chi connectivity index (χ3n) is 5.21. The van der Waals surface area contributed by atoms with Crippen LogP contribution in [0.2, 0.25) is 0 Å². The van der Waals surface area contributed by atoms with Gasteiger partial charge in [-0.15, -0.1) is 23.2 Å². The first-order chi connectivity index (χ1) is 13.0. The van der Waals surface area contributed by atoms with Crippen molar-refractivity contribution in [2.75, 3.05) is 11.8 Å². The van der Waals surface area contributed by atoms with Gasteiger partial charge in [-0.1, -0.05) is 12.8 Å². The topological polar surface area (TPSA) is 127 Å². The molecule has 0 saturated heterocycles. The highest BCUT2D eigenvalue weighted by molar-refractivity contribution is 6.61. The monoisotopic (exact) mass is 480 g/mol. The molecule has 0 bridgehead atoms. The lowest BCUT2D eigenvalue weighted by Crippen LogP contribution is -2.57. The zero-order valence-electron chi connectivity index (χ0n) is 14.7. The minimum Gasteiger partial charge on any atom is -0.481 e. The predicted octanol–water partition coefficient (Wildman–Crippen LogP) is 4.45. The highest BCUT2D eigenvalue weighted by Gasteiger charge is 2.63. The fourth-order valence-corrected chi connectivity index (χ4v) is 4.62. The van der Waals surface area contributed by atoms with Gasteiger partial charge in [0, 0.05) is 36.0 Å². The van der Waals surface area contributed by atoms with Gasteiger partial charge in [0.15, 0.2) is 0 Å². The Balaban J connectivity index is 3.44. The highest BCUT2D eigenvalue weighted by Crippen LogP contribution is 2.57. The number of ether oxygens (including phenoxy) is 2. The van der Waals surface area contributed by atoms with Crippen molar-refractivity contribution in [2.45, 2.75) is 50.7 Å². The molecule has 12 heteroatoms. The molecule has 4 unspecified atom stereocenters. The lowest BCUT2D eigenvalue weighted by atomic mass is 9.52. The molecular weight excluding hydrogens is 462 g/mol. The Labute approximate surface area is 181 Å². The van der Waals surface area contributed by atoms with Gasteiger partial charge in [-0.25, -0.2) is 9.59 Å². The molecule has 2 N–H and O–H groups in total. The smallest absolute Gasteiger partial charge is 0.404 e. The minimum atomic E-state index is -1.86. The molecule has 8 nitrogen and oxygen atoms in total. The molecule has 0 amide bonds. The molecule has 4 atom stereocenters. The van der Waals surface area contributed by atoms with Gasteiger partial charge in [0.2, 0.25) is 0 Å². The van der Waals surface area contributed by atoms with E-state index in [0.29, 0.717) is 12.8 Å². The van der Waals surface area contributed by atoms with E-state index in [0.717, 1.165) is 0 Å². The molecule has 1 rings (SSSR count). The van der Waals surface area contributed by atoms with E-state index in [1.165, 1.54) is 0 Å². The molecule has 0 aromatic rings. The number of carbonyl (C=O) groups excluding carboxylic acids is 2. The molecule has 0 aromatic carbocycles. The van der Waals surface area contributed by atoms with Crippen LogP contribution in [0.3, 0.4) is 0 Å². The molecule has 1 aliphatic rings. The zero-order valence-corrected chi connectivity index (χ0v) is 17.7. The Kier molecular flexibility index (Phi) is 9.59. The van der Waals surface area contributed by atoms with E-state index >= 15 is 0 Å². The Hall–Kier alpha value is -0.960. The number of hydrogen-bond donors (Lipinski definition) is 2. The van der Waals surface area contributed by atoms with Crippen molar-refractivity contribution in [1.82, 2.24) is 0 Å². The quantitative estimate of drug-likeness (QED) is 0.346. The average molecular weight is 482 g/mol. The van der Waals surface area contributed by atoms with Crippen LogP contribution in [0.1, 0.15) is 38.5 Å². The summed E-state index contributed by atoms with van der Waals surface area (Å²) in [4.78, 5) is 47.0. The highest BCUT2D eigenvalue weighted by atomic mass is 35.5. The summed E-state index contributed by atoms with van der Waals surface area (Å²) in [5.41, 5.74) is -6.08. The first-order valence-corrected chi connectivity index (χ1v) is 10.2. The fourth-order valence-electron chi connectivity index (χ4n) is 4.02. The summed E-state index contributed by atoms with van der Waals surface area (Å²) in [6, 6.07) is 0. The summed E-state index contributed by atoms with van der Waals surface area (Å²) in [5.74, 6) is -3.33. The molecule has 0 radical (unpaired) electrons. The lowest BCUT2D eigenvalue weighted by molar-refractivity contribution is -0.186. The third-order valence-corrected chi connectivity index (χ3v) is 6.07. The summed E-state index contributed by atoms with van der Waals surface area (Å²) < 4.78 is 9.70. The maximum atomic E-state index is 12.4. The van der Waals surface area contributed by atoms with Crippen molar-refractivity contribution in [1.29, 1.82) is 0 Å². The zero-order chi connectivity index (χ0) is 21.5. The van der Waals surface area contributed by atoms with Crippen molar-refractivity contribution in [3.05, 3.63) is 0 Å². The molecule has 1 saturated carbocycles. The van der Waals surface area contributed by atoms with Gasteiger partial charge in [-0.2, -0.15) is 0 Å². The number of halogens is 4. The summed E-state index contributed by atoms with van der Waals surface area (Å²) in [6.45, 7) is 0. The van der Waals surface area contributed by atoms with Gasteiger partial charge in [-0.05, 0) is 12.8 Å². The first kappa shape index (κ1) is 25.1. The van der Waals surface area contributed by atoms with Gasteiger partial charge in [-0.3, -0.25) is 9.59 Å². The third kappa shape index (κ3) is 5.55. The second-order valence-corrected chi connectivity index (χ2v) is 7.89. The lowest BCUT2D eigenvalue weighted by Gasteiger charge is -2.50. The number of aliphatic carboxylic acids is 2. The van der Waals surface area contributed by atoms with E-state index in [1.54, 1.807) is 0 Å². The molecular formula is C16H20Cl4O8. The summed E-state index contributed by atoms with van der Waals surface area (Å²) in [6.07, 6.45) is -2.13. The van der Waals surface area contributed by atoms with E-state index in [9.17, 15) is 29.4 Å². The van der Waals surface area contributed by atoms with Crippen LogP contribution in [-0.2, 0) is 19.1 Å². The van der Waals surface area contributed by atoms with Crippen LogP contribution in [-0.4, -0.2) is 57.0 Å². The van der Waals surface area contributed by atoms with Crippen LogP contribution < -0.4 is 0 Å². The van der Waals surface area contributed by atoms with E-state index in [1.807, 2.05) is 0 Å². The van der Waals surface area contributed by atoms with E-state index in [-0.39, 0.29) is 37.4 Å². The van der Waals surface area contributed by atoms with Crippen LogP contribution in [0, 0.1) is 10.8 Å². The number of carbonyl (C=O) groups is 4. The van der Waals surface area contributed by atoms with Crippen LogP contribution >= 0.6 is 46.4 Å². The van der Waals surface area contributed by atoms with Crippen LogP contribution in [0.15, 0.2) is 0 Å². The molecule has 0 aliphatic heterocycles. The van der Waals surface area contributed by atoms with Gasteiger partial charge < -0.3 is 19.7 Å². The number of alkyl halides is 2. The maximum absolute atomic E-state index is 12.4. The fraction of sp³-hybridized carbons (Fsp3) is 0.750. The van der Waals surface area contributed by atoms with Gasteiger partial charge in [0.05, 0.1) is 22.6 Å².